The molecule has 1 unspecified atom stereocenters. The lowest BCUT2D eigenvalue weighted by Crippen LogP contribution is -2.43. The molecular weight excluding hydrogens is 270 g/mol. The lowest BCUT2D eigenvalue weighted by molar-refractivity contribution is 0.299. The zero-order chi connectivity index (χ0) is 14.4. The van der Waals surface area contributed by atoms with Gasteiger partial charge >= 0.3 is 0 Å². The Morgan fingerprint density at radius 2 is 2.15 bits per heavy atom. The largest absolute Gasteiger partial charge is 0.316 e. The summed E-state index contributed by atoms with van der Waals surface area (Å²) in [6, 6.07) is 0. The molecule has 0 amide bonds. The minimum Gasteiger partial charge on any atom is -0.316 e. The Morgan fingerprint density at radius 1 is 1.35 bits per heavy atom. The second kappa shape index (κ2) is 4.77. The molecule has 1 fully saturated rings. The number of hydrogen-bond donors (Lipinski definition) is 1. The van der Waals surface area contributed by atoms with Crippen LogP contribution in [-0.4, -0.2) is 32.9 Å². The predicted octanol–water partition coefficient (Wildman–Crippen LogP) is 2.51. The van der Waals surface area contributed by atoms with Crippen LogP contribution >= 0.6 is 11.3 Å². The molecule has 0 aliphatic carbocycles. The minimum absolute atomic E-state index is 0.0328. The number of nitrogens with one attached hydrogen (secondary N) is 1. The van der Waals surface area contributed by atoms with Crippen molar-refractivity contribution in [3.8, 4) is 0 Å². The summed E-state index contributed by atoms with van der Waals surface area (Å²) < 4.78 is 1.95. The van der Waals surface area contributed by atoms with Gasteiger partial charge in [0.2, 0.25) is 4.96 Å². The van der Waals surface area contributed by atoms with E-state index in [2.05, 4.69) is 43.2 Å². The second-order valence-electron chi connectivity index (χ2n) is 6.79. The Balaban J connectivity index is 2.06. The highest BCUT2D eigenvalue weighted by Crippen LogP contribution is 2.37. The van der Waals surface area contributed by atoms with Gasteiger partial charge in [-0.05, 0) is 25.8 Å². The van der Waals surface area contributed by atoms with Gasteiger partial charge < -0.3 is 5.32 Å². The third-order valence-electron chi connectivity index (χ3n) is 4.26. The van der Waals surface area contributed by atoms with Crippen molar-refractivity contribution in [1.82, 2.24) is 25.1 Å². The molecule has 2 aromatic heterocycles. The van der Waals surface area contributed by atoms with Crippen LogP contribution in [-0.2, 0) is 10.8 Å². The second-order valence-corrected chi connectivity index (χ2v) is 7.75. The molecule has 0 spiro atoms. The van der Waals surface area contributed by atoms with Gasteiger partial charge in [-0.3, -0.25) is 0 Å². The van der Waals surface area contributed by atoms with Crippen molar-refractivity contribution in [2.75, 3.05) is 13.1 Å². The van der Waals surface area contributed by atoms with E-state index in [1.807, 2.05) is 4.52 Å². The first kappa shape index (κ1) is 13.9. The molecule has 20 heavy (non-hydrogen) atoms. The summed E-state index contributed by atoms with van der Waals surface area (Å²) in [5.74, 6) is 0.949. The summed E-state index contributed by atoms with van der Waals surface area (Å²) in [4.78, 5) is 0.920. The van der Waals surface area contributed by atoms with Gasteiger partial charge in [0.1, 0.15) is 5.01 Å². The van der Waals surface area contributed by atoms with E-state index in [4.69, 9.17) is 5.10 Å². The smallest absolute Gasteiger partial charge is 0.234 e. The Hall–Kier alpha value is -1.01. The van der Waals surface area contributed by atoms with Crippen LogP contribution in [0.5, 0.6) is 0 Å². The van der Waals surface area contributed by atoms with E-state index in [1.165, 1.54) is 17.8 Å². The summed E-state index contributed by atoms with van der Waals surface area (Å²) in [6.07, 6.45) is 3.56. The zero-order valence-corrected chi connectivity index (χ0v) is 13.5. The van der Waals surface area contributed by atoms with E-state index < -0.39 is 0 Å². The molecule has 3 heterocycles. The van der Waals surface area contributed by atoms with Gasteiger partial charge in [0.25, 0.3) is 0 Å². The summed E-state index contributed by atoms with van der Waals surface area (Å²) in [6.45, 7) is 10.9. The lowest BCUT2D eigenvalue weighted by atomic mass is 9.79. The first-order valence-electron chi connectivity index (χ1n) is 7.40. The van der Waals surface area contributed by atoms with Crippen molar-refractivity contribution in [3.63, 3.8) is 0 Å². The van der Waals surface area contributed by atoms with Crippen LogP contribution in [0, 0.1) is 0 Å². The van der Waals surface area contributed by atoms with Gasteiger partial charge in [-0.2, -0.15) is 9.61 Å². The first-order valence-corrected chi connectivity index (χ1v) is 8.22. The molecule has 0 bridgehead atoms. The number of aromatic nitrogens is 4. The van der Waals surface area contributed by atoms with Gasteiger partial charge in [0.05, 0.1) is 0 Å². The highest BCUT2D eigenvalue weighted by atomic mass is 32.1. The highest BCUT2D eigenvalue weighted by Gasteiger charge is 2.36. The molecule has 3 rings (SSSR count). The summed E-state index contributed by atoms with van der Waals surface area (Å²) >= 11 is 1.70. The fourth-order valence-corrected chi connectivity index (χ4v) is 4.03. The SMILES string of the molecule is CCC1(c2nn3c(C(C)(C)C)nnc3s2)CCCNC1. The molecule has 6 heteroatoms. The zero-order valence-electron chi connectivity index (χ0n) is 12.7. The number of hydrogen-bond acceptors (Lipinski definition) is 5. The summed E-state index contributed by atoms with van der Waals surface area (Å²) in [5, 5.41) is 18.2. The normalized spacial score (nSPS) is 24.4. The van der Waals surface area contributed by atoms with Crippen molar-refractivity contribution in [2.45, 2.75) is 57.8 Å². The summed E-state index contributed by atoms with van der Waals surface area (Å²) in [5.41, 5.74) is 0.147. The van der Waals surface area contributed by atoms with Crippen molar-refractivity contribution in [2.24, 2.45) is 0 Å². The maximum Gasteiger partial charge on any atom is 0.234 e. The molecule has 0 radical (unpaired) electrons. The van der Waals surface area contributed by atoms with Crippen LogP contribution in [0.15, 0.2) is 0 Å². The monoisotopic (exact) mass is 293 g/mol. The number of piperidine rings is 1. The fourth-order valence-electron chi connectivity index (χ4n) is 2.90. The van der Waals surface area contributed by atoms with Crippen LogP contribution in [0.4, 0.5) is 0 Å². The topological polar surface area (TPSA) is 55.1 Å². The lowest BCUT2D eigenvalue weighted by Gasteiger charge is -2.34. The van der Waals surface area contributed by atoms with E-state index in [0.29, 0.717) is 0 Å². The van der Waals surface area contributed by atoms with Crippen molar-refractivity contribution < 1.29 is 0 Å². The summed E-state index contributed by atoms with van der Waals surface area (Å²) in [7, 11) is 0. The van der Waals surface area contributed by atoms with Crippen LogP contribution < -0.4 is 5.32 Å². The van der Waals surface area contributed by atoms with Gasteiger partial charge in [0, 0.05) is 17.4 Å². The molecule has 1 aliphatic heterocycles. The first-order chi connectivity index (χ1) is 9.46. The molecular formula is C14H23N5S. The molecule has 0 aromatic carbocycles. The average molecular weight is 293 g/mol. The van der Waals surface area contributed by atoms with Crippen molar-refractivity contribution in [3.05, 3.63) is 10.8 Å². The number of nitrogens with zero attached hydrogens (tertiary/aromatic N) is 4. The molecule has 110 valence electrons. The Bertz CT molecular complexity index is 601. The number of fused-ring (bicyclic) bond motifs is 1. The Morgan fingerprint density at radius 3 is 2.75 bits per heavy atom. The van der Waals surface area contributed by atoms with E-state index in [9.17, 15) is 0 Å². The Kier molecular flexibility index (Phi) is 3.33. The van der Waals surface area contributed by atoms with E-state index in [1.54, 1.807) is 11.3 Å². The maximum absolute atomic E-state index is 4.88. The van der Waals surface area contributed by atoms with Gasteiger partial charge in [-0.25, -0.2) is 0 Å². The molecule has 1 N–H and O–H groups in total. The van der Waals surface area contributed by atoms with Gasteiger partial charge in [0.15, 0.2) is 5.82 Å². The van der Waals surface area contributed by atoms with Crippen LogP contribution in [0.1, 0.15) is 57.8 Å². The standard InChI is InChI=1S/C14H23N5S/c1-5-14(7-6-8-15-9-14)11-18-19-10(13(2,3)4)16-17-12(19)20-11/h15H,5-9H2,1-4H3. The van der Waals surface area contributed by atoms with E-state index in [-0.39, 0.29) is 10.8 Å². The molecule has 5 nitrogen and oxygen atoms in total. The quantitative estimate of drug-likeness (QED) is 0.924. The van der Waals surface area contributed by atoms with Crippen molar-refractivity contribution in [1.29, 1.82) is 0 Å². The van der Waals surface area contributed by atoms with Gasteiger partial charge in [-0.1, -0.05) is 39.0 Å². The third-order valence-corrected chi connectivity index (χ3v) is 5.41. The van der Waals surface area contributed by atoms with E-state index in [0.717, 1.165) is 30.3 Å². The van der Waals surface area contributed by atoms with Crippen molar-refractivity contribution >= 4 is 16.3 Å². The van der Waals surface area contributed by atoms with Gasteiger partial charge in [-0.15, -0.1) is 10.2 Å². The molecule has 1 atom stereocenters. The highest BCUT2D eigenvalue weighted by molar-refractivity contribution is 7.16. The maximum atomic E-state index is 4.88. The molecule has 0 saturated carbocycles. The number of rotatable bonds is 2. The third kappa shape index (κ3) is 2.15. The fraction of sp³-hybridized carbons (Fsp3) is 0.786. The van der Waals surface area contributed by atoms with E-state index >= 15 is 0 Å². The van der Waals surface area contributed by atoms with Crippen LogP contribution in [0.2, 0.25) is 0 Å². The molecule has 1 saturated heterocycles. The average Bonchev–Trinajstić information content (AvgIpc) is 2.98. The minimum atomic E-state index is -0.0328. The molecule has 2 aromatic rings. The predicted molar refractivity (Wildman–Crippen MR) is 81.4 cm³/mol. The Labute approximate surface area is 123 Å². The van der Waals surface area contributed by atoms with Crippen LogP contribution in [0.3, 0.4) is 0 Å². The van der Waals surface area contributed by atoms with Crippen LogP contribution in [0.25, 0.3) is 4.96 Å². The molecule has 1 aliphatic rings.